The summed E-state index contributed by atoms with van der Waals surface area (Å²) in [5, 5.41) is 3.53. The van der Waals surface area contributed by atoms with E-state index in [2.05, 4.69) is 54.4 Å². The third-order valence-corrected chi connectivity index (χ3v) is 4.41. The molecular formula is C21H38N2. The summed E-state index contributed by atoms with van der Waals surface area (Å²) in [6, 6.07) is 10.5. The molecule has 0 saturated heterocycles. The van der Waals surface area contributed by atoms with E-state index in [4.69, 9.17) is 0 Å². The van der Waals surface area contributed by atoms with E-state index in [1.807, 2.05) is 0 Å². The fourth-order valence-corrected chi connectivity index (χ4v) is 2.95. The predicted molar refractivity (Wildman–Crippen MR) is 104 cm³/mol. The first-order valence-corrected chi connectivity index (χ1v) is 9.88. The van der Waals surface area contributed by atoms with Gasteiger partial charge in [-0.05, 0) is 51.0 Å². The Hall–Kier alpha value is -1.02. The molecule has 1 rings (SSSR count). The molecule has 0 spiro atoms. The van der Waals surface area contributed by atoms with Gasteiger partial charge in [0, 0.05) is 12.2 Å². The van der Waals surface area contributed by atoms with Crippen LogP contribution in [0.25, 0.3) is 0 Å². The largest absolute Gasteiger partial charge is 0.385 e. The first kappa shape index (κ1) is 20.0. The van der Waals surface area contributed by atoms with E-state index in [1.165, 1.54) is 83.1 Å². The smallest absolute Gasteiger partial charge is 0.0340 e. The number of nitrogens with zero attached hydrogens (tertiary/aromatic N) is 1. The van der Waals surface area contributed by atoms with Crippen LogP contribution in [0.15, 0.2) is 30.3 Å². The van der Waals surface area contributed by atoms with Crippen LogP contribution >= 0.6 is 0 Å². The standard InChI is InChI=1S/C21H38N2/c1-3-5-7-12-18-23(19-13-8-6-4-2)20-14-17-22-21-15-10-9-11-16-21/h9-11,15-16,22H,3-8,12-14,17-20H2,1-2H3. The number of unbranched alkanes of at least 4 members (excludes halogenated alkanes) is 6. The summed E-state index contributed by atoms with van der Waals surface area (Å²) >= 11 is 0. The molecule has 1 N–H and O–H groups in total. The fraction of sp³-hybridized carbons (Fsp3) is 0.714. The molecule has 0 unspecified atom stereocenters. The highest BCUT2D eigenvalue weighted by molar-refractivity contribution is 5.42. The summed E-state index contributed by atoms with van der Waals surface area (Å²) in [7, 11) is 0. The molecule has 1 aromatic carbocycles. The molecule has 0 bridgehead atoms. The lowest BCUT2D eigenvalue weighted by Crippen LogP contribution is -2.28. The van der Waals surface area contributed by atoms with Crippen LogP contribution in [0.3, 0.4) is 0 Å². The quantitative estimate of drug-likeness (QED) is 0.402. The number of para-hydroxylation sites is 1. The summed E-state index contributed by atoms with van der Waals surface area (Å²) in [6.07, 6.45) is 12.2. The van der Waals surface area contributed by atoms with Crippen LogP contribution in [-0.2, 0) is 0 Å². The maximum Gasteiger partial charge on any atom is 0.0340 e. The van der Waals surface area contributed by atoms with Gasteiger partial charge in [0.2, 0.25) is 0 Å². The summed E-state index contributed by atoms with van der Waals surface area (Å²) in [6.45, 7) is 9.47. The van der Waals surface area contributed by atoms with Crippen molar-refractivity contribution in [3.8, 4) is 0 Å². The molecule has 0 amide bonds. The van der Waals surface area contributed by atoms with E-state index in [0.717, 1.165) is 6.54 Å². The van der Waals surface area contributed by atoms with E-state index < -0.39 is 0 Å². The molecule has 0 aromatic heterocycles. The zero-order valence-electron chi connectivity index (χ0n) is 15.5. The number of benzene rings is 1. The number of rotatable bonds is 15. The van der Waals surface area contributed by atoms with Crippen LogP contribution in [0, 0.1) is 0 Å². The molecule has 0 saturated carbocycles. The SMILES string of the molecule is CCCCCCN(CCCCCC)CCCNc1ccccc1. The second kappa shape index (κ2) is 14.6. The molecule has 0 radical (unpaired) electrons. The van der Waals surface area contributed by atoms with E-state index in [-0.39, 0.29) is 0 Å². The second-order valence-electron chi connectivity index (χ2n) is 6.61. The summed E-state index contributed by atoms with van der Waals surface area (Å²) in [5.41, 5.74) is 1.24. The third-order valence-electron chi connectivity index (χ3n) is 4.41. The Morgan fingerprint density at radius 1 is 0.696 bits per heavy atom. The minimum Gasteiger partial charge on any atom is -0.385 e. The molecule has 2 heteroatoms. The lowest BCUT2D eigenvalue weighted by Gasteiger charge is -2.22. The number of hydrogen-bond acceptors (Lipinski definition) is 2. The van der Waals surface area contributed by atoms with Gasteiger partial charge in [-0.15, -0.1) is 0 Å². The van der Waals surface area contributed by atoms with Crippen LogP contribution in [0.1, 0.15) is 71.6 Å². The molecule has 23 heavy (non-hydrogen) atoms. The second-order valence-corrected chi connectivity index (χ2v) is 6.61. The molecule has 2 nitrogen and oxygen atoms in total. The summed E-state index contributed by atoms with van der Waals surface area (Å²) in [4.78, 5) is 2.69. The van der Waals surface area contributed by atoms with Crippen molar-refractivity contribution >= 4 is 5.69 Å². The van der Waals surface area contributed by atoms with Crippen LogP contribution < -0.4 is 5.32 Å². The van der Waals surface area contributed by atoms with Gasteiger partial charge in [0.15, 0.2) is 0 Å². The molecular weight excluding hydrogens is 280 g/mol. The van der Waals surface area contributed by atoms with Crippen molar-refractivity contribution < 1.29 is 0 Å². The van der Waals surface area contributed by atoms with Crippen molar-refractivity contribution in [1.29, 1.82) is 0 Å². The van der Waals surface area contributed by atoms with Crippen molar-refractivity contribution in [3.05, 3.63) is 30.3 Å². The highest BCUT2D eigenvalue weighted by Gasteiger charge is 2.04. The Morgan fingerprint density at radius 2 is 1.26 bits per heavy atom. The van der Waals surface area contributed by atoms with Crippen LogP contribution in [0.4, 0.5) is 5.69 Å². The molecule has 0 atom stereocenters. The van der Waals surface area contributed by atoms with Gasteiger partial charge < -0.3 is 10.2 Å². The van der Waals surface area contributed by atoms with Gasteiger partial charge in [-0.2, -0.15) is 0 Å². The Labute approximate surface area is 144 Å². The van der Waals surface area contributed by atoms with Crippen LogP contribution in [0.2, 0.25) is 0 Å². The van der Waals surface area contributed by atoms with E-state index >= 15 is 0 Å². The van der Waals surface area contributed by atoms with Crippen molar-refractivity contribution in [2.75, 3.05) is 31.5 Å². The van der Waals surface area contributed by atoms with E-state index in [1.54, 1.807) is 0 Å². The van der Waals surface area contributed by atoms with Crippen molar-refractivity contribution in [3.63, 3.8) is 0 Å². The topological polar surface area (TPSA) is 15.3 Å². The van der Waals surface area contributed by atoms with Gasteiger partial charge in [-0.25, -0.2) is 0 Å². The Balaban J connectivity index is 2.18. The van der Waals surface area contributed by atoms with Gasteiger partial charge in [0.1, 0.15) is 0 Å². The highest BCUT2D eigenvalue weighted by atomic mass is 15.1. The Morgan fingerprint density at radius 3 is 1.83 bits per heavy atom. The summed E-state index contributed by atoms with van der Waals surface area (Å²) in [5.74, 6) is 0. The molecule has 0 aliphatic rings. The first-order valence-electron chi connectivity index (χ1n) is 9.88. The van der Waals surface area contributed by atoms with E-state index in [9.17, 15) is 0 Å². The molecule has 0 aliphatic heterocycles. The monoisotopic (exact) mass is 318 g/mol. The van der Waals surface area contributed by atoms with Gasteiger partial charge in [-0.3, -0.25) is 0 Å². The zero-order valence-corrected chi connectivity index (χ0v) is 15.5. The molecule has 0 aliphatic carbocycles. The third kappa shape index (κ3) is 11.2. The Kier molecular flexibility index (Phi) is 12.7. The minimum atomic E-state index is 1.07. The first-order chi connectivity index (χ1) is 11.4. The lowest BCUT2D eigenvalue weighted by atomic mass is 10.1. The predicted octanol–water partition coefficient (Wildman–Crippen LogP) is 5.95. The average Bonchev–Trinajstić information content (AvgIpc) is 2.59. The Bertz CT molecular complexity index is 338. The molecule has 0 heterocycles. The van der Waals surface area contributed by atoms with Gasteiger partial charge in [-0.1, -0.05) is 70.6 Å². The normalized spacial score (nSPS) is 11.1. The summed E-state index contributed by atoms with van der Waals surface area (Å²) < 4.78 is 0. The van der Waals surface area contributed by atoms with Crippen molar-refractivity contribution in [1.82, 2.24) is 4.90 Å². The van der Waals surface area contributed by atoms with Gasteiger partial charge >= 0.3 is 0 Å². The van der Waals surface area contributed by atoms with Crippen LogP contribution in [-0.4, -0.2) is 31.1 Å². The zero-order chi connectivity index (χ0) is 16.6. The molecule has 132 valence electrons. The maximum atomic E-state index is 3.53. The average molecular weight is 319 g/mol. The lowest BCUT2D eigenvalue weighted by molar-refractivity contribution is 0.260. The maximum absolute atomic E-state index is 3.53. The number of anilines is 1. The highest BCUT2D eigenvalue weighted by Crippen LogP contribution is 2.07. The number of hydrogen-bond donors (Lipinski definition) is 1. The molecule has 1 aromatic rings. The van der Waals surface area contributed by atoms with Crippen molar-refractivity contribution in [2.45, 2.75) is 71.6 Å². The van der Waals surface area contributed by atoms with E-state index in [0.29, 0.717) is 0 Å². The van der Waals surface area contributed by atoms with Gasteiger partial charge in [0.25, 0.3) is 0 Å². The fourth-order valence-electron chi connectivity index (χ4n) is 2.95. The van der Waals surface area contributed by atoms with Crippen molar-refractivity contribution in [2.24, 2.45) is 0 Å². The molecule has 0 fully saturated rings. The van der Waals surface area contributed by atoms with Gasteiger partial charge in [0.05, 0.1) is 0 Å². The minimum absolute atomic E-state index is 1.07. The van der Waals surface area contributed by atoms with Crippen LogP contribution in [0.5, 0.6) is 0 Å². The number of nitrogens with one attached hydrogen (secondary N) is 1.